The maximum atomic E-state index is 11.8. The van der Waals surface area contributed by atoms with Crippen molar-refractivity contribution < 1.29 is 14.3 Å². The summed E-state index contributed by atoms with van der Waals surface area (Å²) in [5.41, 5.74) is 0. The molecule has 3 saturated carbocycles. The molecule has 0 aliphatic heterocycles. The number of Topliss-reactive ketones (excluding diaryl/α,β-unsaturated/α-hetero) is 1. The average Bonchev–Trinajstić information content (AvgIpc) is 2.52. The predicted molar refractivity (Wildman–Crippen MR) is 85.3 cm³/mol. The molecule has 22 heavy (non-hydrogen) atoms. The van der Waals surface area contributed by atoms with Crippen LogP contribution in [0.4, 0.5) is 0 Å². The molecule has 3 aliphatic carbocycles. The van der Waals surface area contributed by atoms with Gasteiger partial charge in [0.05, 0.1) is 6.42 Å². The van der Waals surface area contributed by atoms with Gasteiger partial charge < -0.3 is 9.53 Å². The molecular weight excluding hydrogens is 276 g/mol. The van der Waals surface area contributed by atoms with Gasteiger partial charge in [-0.05, 0) is 69.1 Å². The van der Waals surface area contributed by atoms with E-state index in [1.165, 1.54) is 51.9 Å². The minimum absolute atomic E-state index is 0.0660. The van der Waals surface area contributed by atoms with Gasteiger partial charge in [-0.15, -0.1) is 0 Å². The molecule has 0 heterocycles. The molecule has 0 spiro atoms. The molecule has 0 saturated heterocycles. The Bertz CT molecular complexity index is 417. The molecule has 0 radical (unpaired) electrons. The summed E-state index contributed by atoms with van der Waals surface area (Å²) in [7, 11) is 0. The molecule has 0 aromatic rings. The summed E-state index contributed by atoms with van der Waals surface area (Å²) in [6, 6.07) is 0. The summed E-state index contributed by atoms with van der Waals surface area (Å²) in [5.74, 6) is 3.51. The number of fused-ring (bicyclic) bond motifs is 3. The quantitative estimate of drug-likeness (QED) is 0.728. The van der Waals surface area contributed by atoms with Crippen LogP contribution in [-0.4, -0.2) is 17.9 Å². The first-order chi connectivity index (χ1) is 10.6. The highest BCUT2D eigenvalue weighted by Crippen LogP contribution is 2.51. The lowest BCUT2D eigenvalue weighted by Crippen LogP contribution is -2.42. The first-order valence-corrected chi connectivity index (χ1v) is 9.32. The fourth-order valence-electron chi connectivity index (χ4n) is 5.36. The normalized spacial score (nSPS) is 37.8. The number of esters is 1. The Hall–Kier alpha value is -0.860. The lowest BCUT2D eigenvalue weighted by atomic mass is 9.57. The van der Waals surface area contributed by atoms with E-state index in [9.17, 15) is 9.59 Å². The van der Waals surface area contributed by atoms with E-state index in [0.29, 0.717) is 6.42 Å². The standard InChI is InChI=1S/C19H30O3/c1-13(20)6-11-19(21)22-16-9-10-18-15(12-16)8-7-14-4-2-3-5-17(14)18/h14-18H,2-12H2,1H3/t14?,15?,16?,17?,18-/m0/s1. The van der Waals surface area contributed by atoms with E-state index in [0.717, 1.165) is 36.5 Å². The van der Waals surface area contributed by atoms with E-state index in [4.69, 9.17) is 4.74 Å². The second-order valence-corrected chi connectivity index (χ2v) is 7.84. The Morgan fingerprint density at radius 1 is 0.864 bits per heavy atom. The van der Waals surface area contributed by atoms with Crippen molar-refractivity contribution in [1.82, 2.24) is 0 Å². The van der Waals surface area contributed by atoms with E-state index >= 15 is 0 Å². The fourth-order valence-corrected chi connectivity index (χ4v) is 5.36. The fraction of sp³-hybridized carbons (Fsp3) is 0.895. The molecule has 0 N–H and O–H groups in total. The van der Waals surface area contributed by atoms with Gasteiger partial charge in [-0.1, -0.05) is 19.3 Å². The van der Waals surface area contributed by atoms with Gasteiger partial charge in [-0.25, -0.2) is 0 Å². The largest absolute Gasteiger partial charge is 0.462 e. The number of rotatable bonds is 4. The molecule has 5 atom stereocenters. The smallest absolute Gasteiger partial charge is 0.306 e. The van der Waals surface area contributed by atoms with Crippen LogP contribution in [0.2, 0.25) is 0 Å². The third-order valence-corrected chi connectivity index (χ3v) is 6.40. The lowest BCUT2D eigenvalue weighted by molar-refractivity contribution is -0.154. The number of ketones is 1. The van der Waals surface area contributed by atoms with Gasteiger partial charge in [0.15, 0.2) is 0 Å². The van der Waals surface area contributed by atoms with Gasteiger partial charge in [-0.3, -0.25) is 4.79 Å². The first kappa shape index (κ1) is 16.0. The Kier molecular flexibility index (Phi) is 5.20. The van der Waals surface area contributed by atoms with Crippen LogP contribution in [0.15, 0.2) is 0 Å². The van der Waals surface area contributed by atoms with Gasteiger partial charge in [-0.2, -0.15) is 0 Å². The molecule has 0 aromatic heterocycles. The first-order valence-electron chi connectivity index (χ1n) is 9.32. The monoisotopic (exact) mass is 306 g/mol. The van der Waals surface area contributed by atoms with Crippen molar-refractivity contribution >= 4 is 11.8 Å². The number of hydrogen-bond donors (Lipinski definition) is 0. The van der Waals surface area contributed by atoms with Gasteiger partial charge in [0.25, 0.3) is 0 Å². The van der Waals surface area contributed by atoms with Gasteiger partial charge in [0.2, 0.25) is 0 Å². The van der Waals surface area contributed by atoms with Crippen LogP contribution in [-0.2, 0) is 14.3 Å². The van der Waals surface area contributed by atoms with Crippen LogP contribution < -0.4 is 0 Å². The molecule has 124 valence electrons. The molecule has 3 heteroatoms. The SMILES string of the molecule is CC(=O)CCC(=O)OC1CC[C@H]2C(CCC3CCCCC32)C1. The highest BCUT2D eigenvalue weighted by molar-refractivity contribution is 5.81. The maximum absolute atomic E-state index is 11.8. The van der Waals surface area contributed by atoms with Crippen LogP contribution in [0.3, 0.4) is 0 Å². The Balaban J connectivity index is 1.49. The zero-order valence-corrected chi connectivity index (χ0v) is 13.9. The molecule has 4 unspecified atom stereocenters. The van der Waals surface area contributed by atoms with Crippen LogP contribution in [0, 0.1) is 23.7 Å². The van der Waals surface area contributed by atoms with Crippen LogP contribution in [0.5, 0.6) is 0 Å². The molecule has 3 rings (SSSR count). The topological polar surface area (TPSA) is 43.4 Å². The maximum Gasteiger partial charge on any atom is 0.306 e. The van der Waals surface area contributed by atoms with Crippen molar-refractivity contribution in [2.75, 3.05) is 0 Å². The summed E-state index contributed by atoms with van der Waals surface area (Å²) in [5, 5.41) is 0. The Morgan fingerprint density at radius 2 is 1.59 bits per heavy atom. The van der Waals surface area contributed by atoms with E-state index < -0.39 is 0 Å². The van der Waals surface area contributed by atoms with Crippen LogP contribution in [0.25, 0.3) is 0 Å². The average molecular weight is 306 g/mol. The van der Waals surface area contributed by atoms with Gasteiger partial charge in [0, 0.05) is 6.42 Å². The van der Waals surface area contributed by atoms with E-state index in [1.54, 1.807) is 0 Å². The van der Waals surface area contributed by atoms with Crippen molar-refractivity contribution in [2.24, 2.45) is 23.7 Å². The summed E-state index contributed by atoms with van der Waals surface area (Å²) < 4.78 is 5.64. The van der Waals surface area contributed by atoms with Gasteiger partial charge >= 0.3 is 5.97 Å². The summed E-state index contributed by atoms with van der Waals surface area (Å²) in [4.78, 5) is 22.8. The van der Waals surface area contributed by atoms with Crippen molar-refractivity contribution in [3.05, 3.63) is 0 Å². The molecule has 3 fully saturated rings. The summed E-state index contributed by atoms with van der Waals surface area (Å²) in [6.07, 6.45) is 12.5. The minimum Gasteiger partial charge on any atom is -0.462 e. The second-order valence-electron chi connectivity index (χ2n) is 7.84. The van der Waals surface area contributed by atoms with Crippen molar-refractivity contribution in [3.63, 3.8) is 0 Å². The van der Waals surface area contributed by atoms with E-state index in [1.807, 2.05) is 0 Å². The zero-order valence-electron chi connectivity index (χ0n) is 13.9. The second kappa shape index (κ2) is 7.14. The molecule has 0 amide bonds. The molecule has 0 aromatic carbocycles. The highest BCUT2D eigenvalue weighted by Gasteiger charge is 2.43. The van der Waals surface area contributed by atoms with Crippen molar-refractivity contribution in [1.29, 1.82) is 0 Å². The number of carbonyl (C=O) groups excluding carboxylic acids is 2. The molecule has 3 aliphatic rings. The summed E-state index contributed by atoms with van der Waals surface area (Å²) >= 11 is 0. The Labute approximate surface area is 134 Å². The van der Waals surface area contributed by atoms with Gasteiger partial charge in [0.1, 0.15) is 11.9 Å². The predicted octanol–water partition coefficient (Wildman–Crippen LogP) is 4.28. The highest BCUT2D eigenvalue weighted by atomic mass is 16.5. The number of carbonyl (C=O) groups is 2. The molecular formula is C19H30O3. The number of ether oxygens (including phenoxy) is 1. The Morgan fingerprint density at radius 3 is 2.41 bits per heavy atom. The third kappa shape index (κ3) is 3.72. The number of hydrogen-bond acceptors (Lipinski definition) is 3. The zero-order chi connectivity index (χ0) is 15.5. The van der Waals surface area contributed by atoms with E-state index in [2.05, 4.69) is 0 Å². The lowest BCUT2D eigenvalue weighted by Gasteiger charge is -2.49. The molecule has 3 nitrogen and oxygen atoms in total. The van der Waals surface area contributed by atoms with E-state index in [-0.39, 0.29) is 24.3 Å². The van der Waals surface area contributed by atoms with Crippen molar-refractivity contribution in [2.45, 2.75) is 83.7 Å². The third-order valence-electron chi connectivity index (χ3n) is 6.40. The van der Waals surface area contributed by atoms with Crippen LogP contribution >= 0.6 is 0 Å². The molecule has 0 bridgehead atoms. The summed E-state index contributed by atoms with van der Waals surface area (Å²) in [6.45, 7) is 1.53. The van der Waals surface area contributed by atoms with Crippen molar-refractivity contribution in [3.8, 4) is 0 Å². The minimum atomic E-state index is -0.176. The van der Waals surface area contributed by atoms with Crippen LogP contribution in [0.1, 0.15) is 77.6 Å².